The van der Waals surface area contributed by atoms with E-state index in [2.05, 4.69) is 184 Å². The molecule has 4 heterocycles. The largest absolute Gasteiger partial charge is 0.486 e. The molecule has 0 aliphatic carbocycles. The number of furan rings is 1. The predicted octanol–water partition coefficient (Wildman–Crippen LogP) is 15.1. The number of hydrogen-bond acceptors (Lipinski definition) is 4. The number of para-hydroxylation sites is 2. The van der Waals surface area contributed by atoms with E-state index in [1.54, 1.807) is 10.6 Å². The second kappa shape index (κ2) is 19.1. The minimum atomic E-state index is -1.86. The first-order valence-corrected chi connectivity index (χ1v) is 30.0. The van der Waals surface area contributed by atoms with E-state index in [4.69, 9.17) is 14.4 Å². The Balaban J connectivity index is 0.000000232. The van der Waals surface area contributed by atoms with Crippen LogP contribution in [0.2, 0.25) is 17.3 Å². The molecule has 0 aliphatic heterocycles. The summed E-state index contributed by atoms with van der Waals surface area (Å²) in [5, 5.41) is 4.51. The van der Waals surface area contributed by atoms with Crippen molar-refractivity contribution < 1.29 is 24.5 Å². The summed E-state index contributed by atoms with van der Waals surface area (Å²) in [5.74, 6) is 9.35. The summed E-state index contributed by atoms with van der Waals surface area (Å²) < 4.78 is 10.3. The van der Waals surface area contributed by atoms with Gasteiger partial charge >= 0.3 is 126 Å². The quantitative estimate of drug-likeness (QED) is 0.107. The molecule has 4 aromatic heterocycles. The third-order valence-electron chi connectivity index (χ3n) is 12.1. The Labute approximate surface area is 400 Å². The Bertz CT molecular complexity index is 3260. The number of hydrogen-bond donors (Lipinski definition) is 0. The summed E-state index contributed by atoms with van der Waals surface area (Å²) in [6.07, 6.45) is 5.04. The first-order valence-electron chi connectivity index (χ1n) is 22.6. The van der Waals surface area contributed by atoms with Gasteiger partial charge in [0.25, 0.3) is 0 Å². The fraction of sp³-hybridized carbons (Fsp3) is 0.224. The van der Waals surface area contributed by atoms with Crippen molar-refractivity contribution in [2.75, 3.05) is 0 Å². The normalized spacial score (nSPS) is 11.8. The molecule has 10 rings (SSSR count). The number of fused-ring (bicyclic) bond motifs is 5. The Morgan fingerprint density at radius 3 is 2.09 bits per heavy atom. The minimum Gasteiger partial charge on any atom is -0.486 e. The number of imidazole rings is 1. The molecular weight excluding hydrogens is 1030 g/mol. The summed E-state index contributed by atoms with van der Waals surface area (Å²) in [7, 11) is 0. The molecular formula is C58H56GeIrN4O-2. The van der Waals surface area contributed by atoms with Crippen LogP contribution in [0.15, 0.2) is 150 Å². The van der Waals surface area contributed by atoms with Crippen molar-refractivity contribution in [3.8, 4) is 39.5 Å². The maximum atomic E-state index is 6.40. The molecule has 0 atom stereocenters. The van der Waals surface area contributed by atoms with Gasteiger partial charge < -0.3 is 8.98 Å². The van der Waals surface area contributed by atoms with Gasteiger partial charge in [-0.25, -0.2) is 4.98 Å². The van der Waals surface area contributed by atoms with Crippen molar-refractivity contribution in [1.82, 2.24) is 19.5 Å². The molecule has 0 amide bonds. The minimum absolute atomic E-state index is 0. The molecule has 0 fully saturated rings. The van der Waals surface area contributed by atoms with Crippen LogP contribution >= 0.6 is 0 Å². The summed E-state index contributed by atoms with van der Waals surface area (Å²) in [5.41, 5.74) is 14.0. The van der Waals surface area contributed by atoms with Crippen molar-refractivity contribution in [3.63, 3.8) is 0 Å². The average molecular weight is 1090 g/mol. The van der Waals surface area contributed by atoms with Gasteiger partial charge in [0.15, 0.2) is 0 Å². The van der Waals surface area contributed by atoms with Crippen molar-refractivity contribution >= 4 is 61.5 Å². The van der Waals surface area contributed by atoms with Gasteiger partial charge in [0.1, 0.15) is 0 Å². The van der Waals surface area contributed by atoms with E-state index < -0.39 is 13.3 Å². The van der Waals surface area contributed by atoms with Crippen LogP contribution in [0.25, 0.3) is 83.3 Å². The van der Waals surface area contributed by atoms with Crippen LogP contribution in [0.5, 0.6) is 0 Å². The van der Waals surface area contributed by atoms with E-state index in [1.165, 1.54) is 44.3 Å². The molecule has 5 nitrogen and oxygen atoms in total. The molecule has 0 aliphatic rings. The molecule has 1 radical (unpaired) electrons. The van der Waals surface area contributed by atoms with Gasteiger partial charge in [0.05, 0.1) is 22.4 Å². The third-order valence-corrected chi connectivity index (χ3v) is 16.5. The second-order valence-electron chi connectivity index (χ2n) is 19.0. The van der Waals surface area contributed by atoms with Crippen molar-refractivity contribution in [2.45, 2.75) is 77.1 Å². The van der Waals surface area contributed by atoms with E-state index in [1.807, 2.05) is 36.4 Å². The number of aromatic nitrogens is 4. The molecule has 0 saturated carbocycles. The molecule has 0 saturated heterocycles. The van der Waals surface area contributed by atoms with Gasteiger partial charge in [-0.3, -0.25) is 4.98 Å². The molecule has 7 heteroatoms. The predicted molar refractivity (Wildman–Crippen MR) is 272 cm³/mol. The molecule has 0 unspecified atom stereocenters. The first-order chi connectivity index (χ1) is 30.9. The van der Waals surface area contributed by atoms with E-state index in [0.717, 1.165) is 56.5 Å². The van der Waals surface area contributed by atoms with E-state index in [9.17, 15) is 0 Å². The summed E-state index contributed by atoms with van der Waals surface area (Å²) in [4.78, 5) is 14.4. The molecule has 0 bridgehead atoms. The van der Waals surface area contributed by atoms with E-state index in [-0.39, 0.29) is 31.9 Å². The fourth-order valence-corrected chi connectivity index (χ4v) is 12.3. The van der Waals surface area contributed by atoms with Gasteiger partial charge in [0.2, 0.25) is 5.71 Å². The van der Waals surface area contributed by atoms with Crippen LogP contribution in [0, 0.1) is 18.1 Å². The van der Waals surface area contributed by atoms with Crippen molar-refractivity contribution in [1.29, 1.82) is 0 Å². The fourth-order valence-electron chi connectivity index (χ4n) is 9.00. The van der Waals surface area contributed by atoms with Gasteiger partial charge in [0, 0.05) is 37.4 Å². The average Bonchev–Trinajstić information content (AvgIpc) is 3.87. The number of pyridine rings is 2. The monoisotopic (exact) mass is 1090 g/mol. The molecule has 0 spiro atoms. The van der Waals surface area contributed by atoms with Gasteiger partial charge in [-0.2, -0.15) is 0 Å². The zero-order valence-corrected chi connectivity index (χ0v) is 43.3. The zero-order valence-electron chi connectivity index (χ0n) is 38.8. The van der Waals surface area contributed by atoms with Gasteiger partial charge in [-0.15, -0.1) is 18.2 Å². The smallest absolute Gasteiger partial charge is 0.216 e. The van der Waals surface area contributed by atoms with Crippen LogP contribution in [0.1, 0.15) is 70.1 Å². The molecule has 65 heavy (non-hydrogen) atoms. The van der Waals surface area contributed by atoms with Crippen LogP contribution in [-0.2, 0) is 26.5 Å². The van der Waals surface area contributed by atoms with Gasteiger partial charge in [-0.05, 0) is 87.3 Å². The SMILES string of the molecule is CC(C)Cc1cc(-c2[c-]cccc2)nc[c]1[Ge]([CH3])([CH3])[CH3].CC(C)c1cc(-c2ccc3ccccc3c2)cc(C(C)C)c1-n1c(-c2[c-]ccc3c2oc2ncccc23)nc2ccccc21.[Ir]. The van der Waals surface area contributed by atoms with Crippen LogP contribution < -0.4 is 4.40 Å². The van der Waals surface area contributed by atoms with Gasteiger partial charge in [-0.1, -0.05) is 87.2 Å². The standard InChI is InChI=1S/C40H32N3O.C18H24GeN.Ir/c1-24(2)33-22-29(28-19-18-26-11-5-6-12-27(26)21-28)23-34(25(3)4)37(33)43-36-17-8-7-16-35(36)42-39(43)32-14-9-13-30-31-15-10-20-41-40(31)44-38(30)32;1-14(2)11-16-12-18(15-9-7-6-8-10-15)20-13-17(16)19(3,4)5;/h5-13,15-25H,1-4H3;6-9,12-14H,11H2,1-5H3;/q2*-1;. The summed E-state index contributed by atoms with van der Waals surface area (Å²) in [6.45, 7) is 13.7. The Kier molecular flexibility index (Phi) is 13.5. The Morgan fingerprint density at radius 2 is 1.38 bits per heavy atom. The number of benzene rings is 6. The molecule has 0 N–H and O–H groups in total. The van der Waals surface area contributed by atoms with E-state index in [0.29, 0.717) is 11.6 Å². The maximum absolute atomic E-state index is 6.40. The summed E-state index contributed by atoms with van der Waals surface area (Å²) in [6, 6.07) is 53.7. The Hall–Kier alpha value is -5.66. The number of rotatable bonds is 9. The summed E-state index contributed by atoms with van der Waals surface area (Å²) >= 11 is -1.86. The topological polar surface area (TPSA) is 56.7 Å². The van der Waals surface area contributed by atoms with Crippen molar-refractivity contribution in [3.05, 3.63) is 175 Å². The molecule has 329 valence electrons. The molecule has 6 aromatic carbocycles. The zero-order chi connectivity index (χ0) is 44.7. The van der Waals surface area contributed by atoms with Crippen LogP contribution in [0.3, 0.4) is 0 Å². The number of nitrogens with zero attached hydrogens (tertiary/aromatic N) is 4. The maximum Gasteiger partial charge on any atom is 0.216 e. The van der Waals surface area contributed by atoms with Crippen LogP contribution in [0.4, 0.5) is 0 Å². The van der Waals surface area contributed by atoms with Crippen molar-refractivity contribution in [2.24, 2.45) is 5.92 Å². The molecule has 10 aromatic rings. The second-order valence-corrected chi connectivity index (χ2v) is 29.6. The Morgan fingerprint density at radius 1 is 0.662 bits per heavy atom. The first kappa shape index (κ1) is 45.9. The van der Waals surface area contributed by atoms with E-state index >= 15 is 0 Å². The third kappa shape index (κ3) is 9.27. The van der Waals surface area contributed by atoms with Crippen LogP contribution in [-0.4, -0.2) is 32.8 Å².